The van der Waals surface area contributed by atoms with Crippen molar-refractivity contribution in [2.24, 2.45) is 0 Å². The van der Waals surface area contributed by atoms with Gasteiger partial charge in [0.25, 0.3) is 10.0 Å². The number of carbonyl (C=O) groups excluding carboxylic acids is 1. The van der Waals surface area contributed by atoms with Crippen LogP contribution in [-0.2, 0) is 14.8 Å². The van der Waals surface area contributed by atoms with Crippen LogP contribution in [0.15, 0.2) is 75.5 Å². The molecule has 1 aromatic carbocycles. The van der Waals surface area contributed by atoms with Crippen LogP contribution >= 0.6 is 11.8 Å². The van der Waals surface area contributed by atoms with Gasteiger partial charge in [0.1, 0.15) is 34.3 Å². The molecule has 0 fully saturated rings. The normalized spacial score (nSPS) is 11.7. The molecule has 4 N–H and O–H groups in total. The highest BCUT2D eigenvalue weighted by atomic mass is 32.2. The Morgan fingerprint density at radius 1 is 1.08 bits per heavy atom. The monoisotopic (exact) mass is 546 g/mol. The fraction of sp³-hybridized carbons (Fsp3) is 0.0833. The van der Waals surface area contributed by atoms with Gasteiger partial charge in [-0.2, -0.15) is 10.5 Å². The van der Waals surface area contributed by atoms with Crippen LogP contribution in [0, 0.1) is 22.7 Å². The summed E-state index contributed by atoms with van der Waals surface area (Å²) < 4.78 is 32.7. The Kier molecular flexibility index (Phi) is 7.57. The third kappa shape index (κ3) is 5.57. The van der Waals surface area contributed by atoms with Crippen LogP contribution in [0.25, 0.3) is 11.3 Å². The van der Waals surface area contributed by atoms with Crippen LogP contribution in [-0.4, -0.2) is 34.5 Å². The SMILES string of the molecule is CC(Sc1nc(N)c(C#N)c(-c2ccco2)c1C#N)C(=O)Nc1ccc(S(=O)(=O)Nc2ncccn2)cc1. The van der Waals surface area contributed by atoms with Crippen molar-refractivity contribution in [2.45, 2.75) is 22.1 Å². The third-order valence-electron chi connectivity index (χ3n) is 5.06. The second kappa shape index (κ2) is 11.0. The van der Waals surface area contributed by atoms with E-state index in [1.807, 2.05) is 12.1 Å². The lowest BCUT2D eigenvalue weighted by atomic mass is 10.0. The fourth-order valence-electron chi connectivity index (χ4n) is 3.26. The predicted molar refractivity (Wildman–Crippen MR) is 139 cm³/mol. The van der Waals surface area contributed by atoms with Gasteiger partial charge in [-0.05, 0) is 49.4 Å². The van der Waals surface area contributed by atoms with Gasteiger partial charge in [0.05, 0.1) is 27.5 Å². The molecule has 3 aromatic heterocycles. The average Bonchev–Trinajstić information content (AvgIpc) is 3.43. The van der Waals surface area contributed by atoms with Crippen molar-refractivity contribution < 1.29 is 17.6 Å². The Bertz CT molecular complexity index is 1660. The molecule has 3 heterocycles. The van der Waals surface area contributed by atoms with Crippen LogP contribution in [0.2, 0.25) is 0 Å². The molecular weight excluding hydrogens is 528 g/mol. The topological polar surface area (TPSA) is 201 Å². The van der Waals surface area contributed by atoms with E-state index >= 15 is 0 Å². The Hall–Kier alpha value is -4.92. The quantitative estimate of drug-likeness (QED) is 0.273. The molecule has 0 saturated carbocycles. The highest BCUT2D eigenvalue weighted by molar-refractivity contribution is 8.00. The summed E-state index contributed by atoms with van der Waals surface area (Å²) in [6.45, 7) is 1.60. The Morgan fingerprint density at radius 2 is 1.76 bits per heavy atom. The number of nitrogen functional groups attached to an aromatic ring is 1. The van der Waals surface area contributed by atoms with E-state index in [0.29, 0.717) is 5.69 Å². The predicted octanol–water partition coefficient (Wildman–Crippen LogP) is 3.38. The van der Waals surface area contributed by atoms with E-state index in [-0.39, 0.29) is 44.1 Å². The highest BCUT2D eigenvalue weighted by Gasteiger charge is 2.25. The van der Waals surface area contributed by atoms with Crippen molar-refractivity contribution >= 4 is 45.1 Å². The van der Waals surface area contributed by atoms with Gasteiger partial charge in [0.15, 0.2) is 0 Å². The summed E-state index contributed by atoms with van der Waals surface area (Å²) in [4.78, 5) is 24.7. The molecule has 14 heteroatoms. The van der Waals surface area contributed by atoms with Gasteiger partial charge in [0.2, 0.25) is 11.9 Å². The summed E-state index contributed by atoms with van der Waals surface area (Å²) in [5.41, 5.74) is 6.58. The maximum absolute atomic E-state index is 12.9. The van der Waals surface area contributed by atoms with E-state index in [0.717, 1.165) is 11.8 Å². The highest BCUT2D eigenvalue weighted by Crippen LogP contribution is 2.37. The summed E-state index contributed by atoms with van der Waals surface area (Å²) in [5, 5.41) is 21.5. The molecule has 1 amide bonds. The molecule has 12 nitrogen and oxygen atoms in total. The summed E-state index contributed by atoms with van der Waals surface area (Å²) in [6, 6.07) is 14.3. The average molecular weight is 547 g/mol. The lowest BCUT2D eigenvalue weighted by molar-refractivity contribution is -0.115. The molecule has 0 saturated heterocycles. The number of hydrogen-bond acceptors (Lipinski definition) is 11. The lowest BCUT2D eigenvalue weighted by Crippen LogP contribution is -2.23. The second-order valence-corrected chi connectivity index (χ2v) is 10.6. The number of nitriles is 2. The summed E-state index contributed by atoms with van der Waals surface area (Å²) >= 11 is 0.979. The Balaban J connectivity index is 1.50. The molecule has 4 rings (SSSR count). The largest absolute Gasteiger partial charge is 0.464 e. The molecule has 0 aliphatic heterocycles. The van der Waals surface area contributed by atoms with Gasteiger partial charge in [-0.15, -0.1) is 0 Å². The van der Waals surface area contributed by atoms with Gasteiger partial charge in [-0.3, -0.25) is 4.79 Å². The van der Waals surface area contributed by atoms with Crippen LogP contribution in [0.5, 0.6) is 0 Å². The third-order valence-corrected chi connectivity index (χ3v) is 7.49. The van der Waals surface area contributed by atoms with E-state index in [1.54, 1.807) is 25.1 Å². The number of benzene rings is 1. The second-order valence-electron chi connectivity index (χ2n) is 7.58. The number of pyridine rings is 1. The number of amides is 1. The van der Waals surface area contributed by atoms with Crippen molar-refractivity contribution in [3.05, 3.63) is 72.2 Å². The van der Waals surface area contributed by atoms with E-state index in [9.17, 15) is 23.7 Å². The zero-order valence-electron chi connectivity index (χ0n) is 19.6. The van der Waals surface area contributed by atoms with Crippen molar-refractivity contribution in [3.8, 4) is 23.5 Å². The van der Waals surface area contributed by atoms with E-state index in [2.05, 4.69) is 25.0 Å². The molecule has 0 aliphatic carbocycles. The molecule has 0 aliphatic rings. The van der Waals surface area contributed by atoms with Gasteiger partial charge in [-0.1, -0.05) is 11.8 Å². The first-order valence-corrected chi connectivity index (χ1v) is 13.1. The van der Waals surface area contributed by atoms with Crippen LogP contribution in [0.1, 0.15) is 18.1 Å². The molecule has 4 aromatic rings. The number of carbonyl (C=O) groups is 1. The zero-order chi connectivity index (χ0) is 27.3. The number of aromatic nitrogens is 3. The van der Waals surface area contributed by atoms with Gasteiger partial charge in [0, 0.05) is 18.1 Å². The van der Waals surface area contributed by atoms with Crippen molar-refractivity contribution in [1.29, 1.82) is 10.5 Å². The lowest BCUT2D eigenvalue weighted by Gasteiger charge is -2.15. The van der Waals surface area contributed by atoms with Crippen molar-refractivity contribution in [1.82, 2.24) is 15.0 Å². The van der Waals surface area contributed by atoms with Gasteiger partial charge in [-0.25, -0.2) is 28.1 Å². The van der Waals surface area contributed by atoms with Crippen molar-refractivity contribution in [2.75, 3.05) is 15.8 Å². The molecule has 0 radical (unpaired) electrons. The smallest absolute Gasteiger partial charge is 0.264 e. The number of hydrogen-bond donors (Lipinski definition) is 3. The number of thioether (sulfide) groups is 1. The minimum absolute atomic E-state index is 0.00122. The number of nitrogens with zero attached hydrogens (tertiary/aromatic N) is 5. The number of nitrogens with one attached hydrogen (secondary N) is 2. The van der Waals surface area contributed by atoms with Gasteiger partial charge >= 0.3 is 0 Å². The summed E-state index contributed by atoms with van der Waals surface area (Å²) in [7, 11) is -3.93. The van der Waals surface area contributed by atoms with E-state index in [1.165, 1.54) is 42.9 Å². The van der Waals surface area contributed by atoms with Crippen LogP contribution < -0.4 is 15.8 Å². The molecule has 1 unspecified atom stereocenters. The zero-order valence-corrected chi connectivity index (χ0v) is 21.2. The van der Waals surface area contributed by atoms with Crippen molar-refractivity contribution in [3.63, 3.8) is 0 Å². The molecule has 0 spiro atoms. The Labute approximate surface area is 221 Å². The van der Waals surface area contributed by atoms with Crippen LogP contribution in [0.3, 0.4) is 0 Å². The minimum atomic E-state index is -3.93. The number of rotatable bonds is 8. The number of furan rings is 1. The van der Waals surface area contributed by atoms with Crippen LogP contribution in [0.4, 0.5) is 17.5 Å². The first-order valence-electron chi connectivity index (χ1n) is 10.8. The first kappa shape index (κ1) is 26.2. The van der Waals surface area contributed by atoms with Gasteiger partial charge < -0.3 is 15.5 Å². The minimum Gasteiger partial charge on any atom is -0.464 e. The summed E-state index contributed by atoms with van der Waals surface area (Å²) in [5.74, 6) is -0.330. The maximum atomic E-state index is 12.9. The fourth-order valence-corrected chi connectivity index (χ4v) is 5.14. The standard InChI is InChI=1S/C24H18N8O4S2/c1-14(37-23-18(13-26)20(19-4-2-11-36-19)17(12-25)21(27)31-23)22(33)30-15-5-7-16(8-6-15)38(34,35)32-24-28-9-3-10-29-24/h2-11,14H,1H3,(H2,27,31)(H,30,33)(H,28,29,32). The number of nitrogens with two attached hydrogens (primary N) is 1. The summed E-state index contributed by atoms with van der Waals surface area (Å²) in [6.07, 6.45) is 4.21. The maximum Gasteiger partial charge on any atom is 0.264 e. The first-order chi connectivity index (χ1) is 18.2. The molecule has 0 bridgehead atoms. The molecule has 190 valence electrons. The molecular formula is C24H18N8O4S2. The van der Waals surface area contributed by atoms with E-state index < -0.39 is 21.2 Å². The number of anilines is 3. The Morgan fingerprint density at radius 3 is 2.37 bits per heavy atom. The number of sulfonamides is 1. The van der Waals surface area contributed by atoms with E-state index in [4.69, 9.17) is 10.2 Å². The molecule has 1 atom stereocenters. The molecule has 38 heavy (non-hydrogen) atoms.